The molecule has 1 aliphatic heterocycles. The van der Waals surface area contributed by atoms with Crippen molar-refractivity contribution in [2.24, 2.45) is 0 Å². The largest absolute Gasteiger partial charge is 0.490 e. The Hall–Kier alpha value is -2.28. The van der Waals surface area contributed by atoms with Gasteiger partial charge in [0.25, 0.3) is 0 Å². The molecule has 1 aromatic heterocycles. The maximum absolute atomic E-state index is 11.2. The summed E-state index contributed by atoms with van der Waals surface area (Å²) in [6, 6.07) is 5.32. The molecule has 0 unspecified atom stereocenters. The average molecular weight is 292 g/mol. The highest BCUT2D eigenvalue weighted by Gasteiger charge is 2.20. The molecule has 0 radical (unpaired) electrons. The van der Waals surface area contributed by atoms with Crippen molar-refractivity contribution in [3.63, 3.8) is 0 Å². The SMILES string of the molecule is Nc1nc(C(=O)O)c(-c2ccc3c(c2)OCCCO3)s1. The summed E-state index contributed by atoms with van der Waals surface area (Å²) < 4.78 is 11.1. The van der Waals surface area contributed by atoms with E-state index in [2.05, 4.69) is 4.98 Å². The summed E-state index contributed by atoms with van der Waals surface area (Å²) >= 11 is 1.14. The molecule has 0 saturated heterocycles. The maximum Gasteiger partial charge on any atom is 0.356 e. The van der Waals surface area contributed by atoms with Crippen molar-refractivity contribution in [1.29, 1.82) is 0 Å². The van der Waals surface area contributed by atoms with Crippen LogP contribution in [0.25, 0.3) is 10.4 Å². The van der Waals surface area contributed by atoms with Gasteiger partial charge in [-0.15, -0.1) is 0 Å². The Kier molecular flexibility index (Phi) is 3.19. The first kappa shape index (κ1) is 12.7. The Labute approximate surface area is 118 Å². The van der Waals surface area contributed by atoms with Crippen LogP contribution in [0.15, 0.2) is 18.2 Å². The second-order valence-electron chi connectivity index (χ2n) is 4.25. The van der Waals surface area contributed by atoms with Gasteiger partial charge in [0.2, 0.25) is 0 Å². The second-order valence-corrected chi connectivity index (χ2v) is 5.28. The third kappa shape index (κ3) is 2.27. The van der Waals surface area contributed by atoms with E-state index in [0.717, 1.165) is 17.8 Å². The molecule has 0 saturated carbocycles. The molecule has 0 fully saturated rings. The number of carbonyl (C=O) groups is 1. The molecule has 2 heterocycles. The zero-order valence-electron chi connectivity index (χ0n) is 10.5. The van der Waals surface area contributed by atoms with Crippen molar-refractivity contribution in [2.75, 3.05) is 18.9 Å². The van der Waals surface area contributed by atoms with E-state index in [4.69, 9.17) is 20.3 Å². The van der Waals surface area contributed by atoms with Crippen molar-refractivity contribution in [1.82, 2.24) is 4.98 Å². The number of thiazole rings is 1. The van der Waals surface area contributed by atoms with Gasteiger partial charge in [-0.2, -0.15) is 0 Å². The van der Waals surface area contributed by atoms with Gasteiger partial charge in [0, 0.05) is 6.42 Å². The summed E-state index contributed by atoms with van der Waals surface area (Å²) in [6.07, 6.45) is 0.817. The highest BCUT2D eigenvalue weighted by molar-refractivity contribution is 7.19. The Morgan fingerprint density at radius 1 is 1.30 bits per heavy atom. The standard InChI is InChI=1S/C13H12N2O4S/c14-13-15-10(12(16)17)11(20-13)7-2-3-8-9(6-7)19-5-1-4-18-8/h2-3,6H,1,4-5H2,(H2,14,15)(H,16,17). The molecular weight excluding hydrogens is 280 g/mol. The van der Waals surface area contributed by atoms with Gasteiger partial charge in [0.1, 0.15) is 0 Å². The molecule has 104 valence electrons. The molecule has 0 atom stereocenters. The lowest BCUT2D eigenvalue weighted by molar-refractivity contribution is 0.0692. The number of hydrogen-bond donors (Lipinski definition) is 2. The predicted molar refractivity (Wildman–Crippen MR) is 74.5 cm³/mol. The lowest BCUT2D eigenvalue weighted by Gasteiger charge is -2.08. The summed E-state index contributed by atoms with van der Waals surface area (Å²) in [5.74, 6) is 0.184. The minimum absolute atomic E-state index is 0.0398. The first-order chi connectivity index (χ1) is 9.65. The molecule has 0 amide bonds. The highest BCUT2D eigenvalue weighted by Crippen LogP contribution is 2.38. The zero-order valence-corrected chi connectivity index (χ0v) is 11.3. The van der Waals surface area contributed by atoms with Crippen molar-refractivity contribution in [2.45, 2.75) is 6.42 Å². The Morgan fingerprint density at radius 3 is 2.80 bits per heavy atom. The summed E-state index contributed by atoms with van der Waals surface area (Å²) in [4.78, 5) is 15.5. The molecule has 0 aliphatic carbocycles. The number of carboxylic acids is 1. The number of benzene rings is 1. The van der Waals surface area contributed by atoms with Gasteiger partial charge in [-0.25, -0.2) is 9.78 Å². The van der Waals surface area contributed by atoms with Crippen LogP contribution in [0.3, 0.4) is 0 Å². The molecule has 1 aliphatic rings. The van der Waals surface area contributed by atoms with E-state index >= 15 is 0 Å². The fourth-order valence-corrected chi connectivity index (χ4v) is 2.80. The highest BCUT2D eigenvalue weighted by atomic mass is 32.1. The van der Waals surface area contributed by atoms with Gasteiger partial charge in [-0.1, -0.05) is 11.3 Å². The quantitative estimate of drug-likeness (QED) is 0.881. The number of aromatic nitrogens is 1. The lowest BCUT2D eigenvalue weighted by Crippen LogP contribution is -1.99. The van der Waals surface area contributed by atoms with Crippen LogP contribution in [0.2, 0.25) is 0 Å². The number of nitrogens with two attached hydrogens (primary N) is 1. The van der Waals surface area contributed by atoms with Gasteiger partial charge in [0.05, 0.1) is 18.1 Å². The number of fused-ring (bicyclic) bond motifs is 1. The van der Waals surface area contributed by atoms with E-state index in [9.17, 15) is 4.79 Å². The van der Waals surface area contributed by atoms with Crippen LogP contribution in [0.4, 0.5) is 5.13 Å². The van der Waals surface area contributed by atoms with E-state index in [1.165, 1.54) is 0 Å². The van der Waals surface area contributed by atoms with E-state index < -0.39 is 5.97 Å². The van der Waals surface area contributed by atoms with Crippen LogP contribution in [0.5, 0.6) is 11.5 Å². The van der Waals surface area contributed by atoms with E-state index in [1.54, 1.807) is 18.2 Å². The Bertz CT molecular complexity index is 668. The third-order valence-electron chi connectivity index (χ3n) is 2.86. The first-order valence-electron chi connectivity index (χ1n) is 6.05. The number of nitrogen functional groups attached to an aromatic ring is 1. The molecule has 3 N–H and O–H groups in total. The number of hydrogen-bond acceptors (Lipinski definition) is 6. The van der Waals surface area contributed by atoms with Gasteiger partial charge in [-0.05, 0) is 23.8 Å². The van der Waals surface area contributed by atoms with Gasteiger partial charge in [-0.3, -0.25) is 0 Å². The van der Waals surface area contributed by atoms with Crippen LogP contribution < -0.4 is 15.2 Å². The molecule has 1 aromatic carbocycles. The van der Waals surface area contributed by atoms with Crippen LogP contribution in [0, 0.1) is 0 Å². The summed E-state index contributed by atoms with van der Waals surface area (Å²) in [7, 11) is 0. The molecule has 6 nitrogen and oxygen atoms in total. The normalized spacial score (nSPS) is 13.8. The van der Waals surface area contributed by atoms with Gasteiger partial charge < -0.3 is 20.3 Å². The smallest absolute Gasteiger partial charge is 0.356 e. The maximum atomic E-state index is 11.2. The summed E-state index contributed by atoms with van der Waals surface area (Å²) in [5.41, 5.74) is 6.27. The van der Waals surface area contributed by atoms with Crippen molar-refractivity contribution in [3.8, 4) is 21.9 Å². The zero-order chi connectivity index (χ0) is 14.1. The van der Waals surface area contributed by atoms with E-state index in [1.807, 2.05) is 0 Å². The minimum Gasteiger partial charge on any atom is -0.490 e. The Balaban J connectivity index is 2.07. The molecule has 2 aromatic rings. The molecular formula is C13H12N2O4S. The average Bonchev–Trinajstić information content (AvgIpc) is 2.68. The van der Waals surface area contributed by atoms with Crippen molar-refractivity contribution in [3.05, 3.63) is 23.9 Å². The predicted octanol–water partition coefficient (Wildman–Crippen LogP) is 2.25. The monoisotopic (exact) mass is 292 g/mol. The minimum atomic E-state index is -1.10. The number of rotatable bonds is 2. The number of anilines is 1. The van der Waals surface area contributed by atoms with Crippen molar-refractivity contribution < 1.29 is 19.4 Å². The fraction of sp³-hybridized carbons (Fsp3) is 0.231. The van der Waals surface area contributed by atoms with Crippen LogP contribution >= 0.6 is 11.3 Å². The molecule has 20 heavy (non-hydrogen) atoms. The first-order valence-corrected chi connectivity index (χ1v) is 6.86. The number of nitrogens with zero attached hydrogens (tertiary/aromatic N) is 1. The number of aromatic carboxylic acids is 1. The van der Waals surface area contributed by atoms with E-state index in [-0.39, 0.29) is 10.8 Å². The van der Waals surface area contributed by atoms with Crippen molar-refractivity contribution >= 4 is 22.4 Å². The summed E-state index contributed by atoms with van der Waals surface area (Å²) in [6.45, 7) is 1.19. The number of ether oxygens (including phenoxy) is 2. The fourth-order valence-electron chi connectivity index (χ4n) is 1.98. The molecule has 7 heteroatoms. The van der Waals surface area contributed by atoms with Crippen LogP contribution in [-0.2, 0) is 0 Å². The van der Waals surface area contributed by atoms with Gasteiger partial charge in [0.15, 0.2) is 22.3 Å². The van der Waals surface area contributed by atoms with E-state index in [0.29, 0.717) is 35.2 Å². The Morgan fingerprint density at radius 2 is 2.05 bits per heavy atom. The summed E-state index contributed by atoms with van der Waals surface area (Å²) in [5, 5.41) is 9.38. The molecule has 0 spiro atoms. The van der Waals surface area contributed by atoms with Crippen LogP contribution in [-0.4, -0.2) is 29.3 Å². The molecule has 3 rings (SSSR count). The number of carboxylic acid groups (broad SMARTS) is 1. The van der Waals surface area contributed by atoms with Gasteiger partial charge >= 0.3 is 5.97 Å². The molecule has 0 bridgehead atoms. The lowest BCUT2D eigenvalue weighted by atomic mass is 10.1. The topological polar surface area (TPSA) is 94.7 Å². The van der Waals surface area contributed by atoms with Crippen LogP contribution in [0.1, 0.15) is 16.9 Å². The third-order valence-corrected chi connectivity index (χ3v) is 3.79. The second kappa shape index (κ2) is 5.01.